The summed E-state index contributed by atoms with van der Waals surface area (Å²) in [5, 5.41) is 3.41. The second-order valence-electron chi connectivity index (χ2n) is 6.85. The Hall–Kier alpha value is -1.92. The van der Waals surface area contributed by atoms with Crippen molar-refractivity contribution in [2.75, 3.05) is 40.8 Å². The monoisotopic (exact) mass is 346 g/mol. The van der Waals surface area contributed by atoms with Gasteiger partial charge in [-0.15, -0.1) is 0 Å². The maximum atomic E-state index is 13.7. The number of halogens is 1. The van der Waals surface area contributed by atoms with Crippen molar-refractivity contribution in [1.82, 2.24) is 19.8 Å². The van der Waals surface area contributed by atoms with Gasteiger partial charge in [0.05, 0.1) is 12.8 Å². The van der Waals surface area contributed by atoms with E-state index in [0.717, 1.165) is 56.1 Å². The van der Waals surface area contributed by atoms with Crippen LogP contribution in [0.3, 0.4) is 0 Å². The van der Waals surface area contributed by atoms with Crippen LogP contribution in [0.1, 0.15) is 24.6 Å². The van der Waals surface area contributed by atoms with Gasteiger partial charge in [-0.3, -0.25) is 0 Å². The van der Waals surface area contributed by atoms with Crippen molar-refractivity contribution >= 4 is 0 Å². The predicted octanol–water partition coefficient (Wildman–Crippen LogP) is 2.73. The first kappa shape index (κ1) is 17.9. The molecule has 0 saturated carbocycles. The molecular formula is C19H27FN4O. The van der Waals surface area contributed by atoms with Gasteiger partial charge < -0.3 is 19.5 Å². The molecule has 0 amide bonds. The fourth-order valence-corrected chi connectivity index (χ4v) is 3.28. The van der Waals surface area contributed by atoms with Crippen LogP contribution in [0, 0.1) is 5.82 Å². The molecule has 1 fully saturated rings. The molecule has 5 nitrogen and oxygen atoms in total. The Kier molecular flexibility index (Phi) is 5.71. The largest absolute Gasteiger partial charge is 0.494 e. The number of likely N-dealkylation sites (N-methyl/N-ethyl adjacent to an activating group) is 1. The molecule has 2 aromatic rings. The van der Waals surface area contributed by atoms with Crippen LogP contribution in [0.2, 0.25) is 0 Å². The van der Waals surface area contributed by atoms with Gasteiger partial charge in [0.15, 0.2) is 11.6 Å². The lowest BCUT2D eigenvalue weighted by molar-refractivity contribution is 0.369. The van der Waals surface area contributed by atoms with Gasteiger partial charge in [-0.05, 0) is 58.2 Å². The second kappa shape index (κ2) is 7.97. The molecular weight excluding hydrogens is 319 g/mol. The van der Waals surface area contributed by atoms with E-state index in [1.807, 2.05) is 0 Å². The fourth-order valence-electron chi connectivity index (χ4n) is 3.28. The zero-order chi connectivity index (χ0) is 17.8. The number of hydrogen-bond donors (Lipinski definition) is 1. The van der Waals surface area contributed by atoms with Gasteiger partial charge in [0.2, 0.25) is 0 Å². The minimum absolute atomic E-state index is 0.253. The van der Waals surface area contributed by atoms with Crippen molar-refractivity contribution < 1.29 is 9.13 Å². The quantitative estimate of drug-likeness (QED) is 0.873. The average Bonchev–Trinajstić information content (AvgIpc) is 3.05. The lowest BCUT2D eigenvalue weighted by Gasteiger charge is -2.23. The second-order valence-corrected chi connectivity index (χ2v) is 6.85. The summed E-state index contributed by atoms with van der Waals surface area (Å²) in [6.45, 7) is 3.92. The molecule has 0 spiro atoms. The van der Waals surface area contributed by atoms with Crippen LogP contribution in [0.4, 0.5) is 4.39 Å². The van der Waals surface area contributed by atoms with Gasteiger partial charge >= 0.3 is 0 Å². The number of imidazole rings is 1. The van der Waals surface area contributed by atoms with Gasteiger partial charge in [-0.25, -0.2) is 9.37 Å². The van der Waals surface area contributed by atoms with E-state index in [0.29, 0.717) is 5.92 Å². The lowest BCUT2D eigenvalue weighted by Crippen LogP contribution is -2.28. The molecule has 0 unspecified atom stereocenters. The molecule has 0 atom stereocenters. The average molecular weight is 346 g/mol. The van der Waals surface area contributed by atoms with Crippen LogP contribution < -0.4 is 10.1 Å². The van der Waals surface area contributed by atoms with Crippen LogP contribution in [-0.2, 0) is 6.54 Å². The van der Waals surface area contributed by atoms with Crippen molar-refractivity contribution in [3.8, 4) is 17.0 Å². The standard InChI is InChI=1S/C19H27FN4O/c1-23(2)10-11-24-13-17(15-4-5-16(20)18(12-15)25-3)22-19(24)14-6-8-21-9-7-14/h4-5,12-14,21H,6-11H2,1-3H3. The molecule has 1 aliphatic heterocycles. The van der Waals surface area contributed by atoms with Crippen molar-refractivity contribution in [3.05, 3.63) is 36.0 Å². The highest BCUT2D eigenvalue weighted by Gasteiger charge is 2.22. The van der Waals surface area contributed by atoms with Gasteiger partial charge in [0, 0.05) is 30.8 Å². The third-order valence-electron chi connectivity index (χ3n) is 4.75. The van der Waals surface area contributed by atoms with E-state index in [9.17, 15) is 4.39 Å². The summed E-state index contributed by atoms with van der Waals surface area (Å²) >= 11 is 0. The molecule has 1 aliphatic rings. The van der Waals surface area contributed by atoms with E-state index in [-0.39, 0.29) is 11.6 Å². The van der Waals surface area contributed by atoms with Crippen molar-refractivity contribution in [2.24, 2.45) is 0 Å². The Morgan fingerprint density at radius 2 is 2.08 bits per heavy atom. The van der Waals surface area contributed by atoms with Crippen LogP contribution in [-0.4, -0.2) is 55.3 Å². The third kappa shape index (κ3) is 4.19. The minimum atomic E-state index is -0.350. The Bertz CT molecular complexity index is 707. The molecule has 0 radical (unpaired) electrons. The zero-order valence-corrected chi connectivity index (χ0v) is 15.3. The first-order valence-electron chi connectivity index (χ1n) is 8.85. The summed E-state index contributed by atoms with van der Waals surface area (Å²) in [6, 6.07) is 4.93. The van der Waals surface area contributed by atoms with E-state index in [4.69, 9.17) is 9.72 Å². The highest BCUT2D eigenvalue weighted by atomic mass is 19.1. The molecule has 1 aromatic heterocycles. The van der Waals surface area contributed by atoms with E-state index in [2.05, 4.69) is 35.1 Å². The summed E-state index contributed by atoms with van der Waals surface area (Å²) in [7, 11) is 5.64. The molecule has 6 heteroatoms. The van der Waals surface area contributed by atoms with E-state index < -0.39 is 0 Å². The van der Waals surface area contributed by atoms with E-state index >= 15 is 0 Å². The molecule has 0 bridgehead atoms. The molecule has 2 heterocycles. The zero-order valence-electron chi connectivity index (χ0n) is 15.3. The molecule has 136 valence electrons. The number of methoxy groups -OCH3 is 1. The number of nitrogens with zero attached hydrogens (tertiary/aromatic N) is 3. The number of hydrogen-bond acceptors (Lipinski definition) is 4. The third-order valence-corrected chi connectivity index (χ3v) is 4.75. The van der Waals surface area contributed by atoms with Crippen LogP contribution in [0.5, 0.6) is 5.75 Å². The normalized spacial score (nSPS) is 15.7. The predicted molar refractivity (Wildman–Crippen MR) is 97.6 cm³/mol. The van der Waals surface area contributed by atoms with E-state index in [1.54, 1.807) is 12.1 Å². The number of benzene rings is 1. The Morgan fingerprint density at radius 1 is 1.32 bits per heavy atom. The Balaban J connectivity index is 1.94. The summed E-state index contributed by atoms with van der Waals surface area (Å²) < 4.78 is 21.1. The Labute approximate surface area is 148 Å². The SMILES string of the molecule is COc1cc(-c2cn(CCN(C)C)c(C3CCNCC3)n2)ccc1F. The smallest absolute Gasteiger partial charge is 0.165 e. The summed E-state index contributed by atoms with van der Waals surface area (Å²) in [5.41, 5.74) is 1.77. The molecule has 0 aliphatic carbocycles. The molecule has 25 heavy (non-hydrogen) atoms. The van der Waals surface area contributed by atoms with Crippen LogP contribution >= 0.6 is 0 Å². The molecule has 1 aromatic carbocycles. The highest BCUT2D eigenvalue weighted by Crippen LogP contribution is 2.30. The molecule has 1 saturated heterocycles. The number of nitrogens with one attached hydrogen (secondary N) is 1. The van der Waals surface area contributed by atoms with Crippen LogP contribution in [0.15, 0.2) is 24.4 Å². The maximum Gasteiger partial charge on any atom is 0.165 e. The summed E-state index contributed by atoms with van der Waals surface area (Å²) in [5.74, 6) is 1.52. The first-order valence-corrected chi connectivity index (χ1v) is 8.85. The van der Waals surface area contributed by atoms with Gasteiger partial charge in [0.25, 0.3) is 0 Å². The van der Waals surface area contributed by atoms with Gasteiger partial charge in [-0.1, -0.05) is 0 Å². The number of piperidine rings is 1. The van der Waals surface area contributed by atoms with Gasteiger partial charge in [-0.2, -0.15) is 0 Å². The Morgan fingerprint density at radius 3 is 2.76 bits per heavy atom. The topological polar surface area (TPSA) is 42.3 Å². The van der Waals surface area contributed by atoms with Gasteiger partial charge in [0.1, 0.15) is 5.82 Å². The molecule has 1 N–H and O–H groups in total. The number of ether oxygens (including phenoxy) is 1. The van der Waals surface area contributed by atoms with Crippen molar-refractivity contribution in [2.45, 2.75) is 25.3 Å². The summed E-state index contributed by atoms with van der Waals surface area (Å²) in [6.07, 6.45) is 4.30. The fraction of sp³-hybridized carbons (Fsp3) is 0.526. The van der Waals surface area contributed by atoms with Crippen molar-refractivity contribution in [1.29, 1.82) is 0 Å². The van der Waals surface area contributed by atoms with E-state index in [1.165, 1.54) is 13.2 Å². The number of rotatable bonds is 6. The van der Waals surface area contributed by atoms with Crippen LogP contribution in [0.25, 0.3) is 11.3 Å². The maximum absolute atomic E-state index is 13.7. The molecule has 3 rings (SSSR count). The van der Waals surface area contributed by atoms with Crippen molar-refractivity contribution in [3.63, 3.8) is 0 Å². The minimum Gasteiger partial charge on any atom is -0.494 e. The number of aromatic nitrogens is 2. The lowest BCUT2D eigenvalue weighted by atomic mass is 9.97. The highest BCUT2D eigenvalue weighted by molar-refractivity contribution is 5.61. The summed E-state index contributed by atoms with van der Waals surface area (Å²) in [4.78, 5) is 7.10. The first-order chi connectivity index (χ1) is 12.1.